The highest BCUT2D eigenvalue weighted by Crippen LogP contribution is 2.18. The van der Waals surface area contributed by atoms with Crippen molar-refractivity contribution in [3.05, 3.63) is 16.1 Å². The first-order valence-electron chi connectivity index (χ1n) is 6.54. The smallest absolute Gasteiger partial charge is 0.109 e. The quantitative estimate of drug-likeness (QED) is 0.629. The van der Waals surface area contributed by atoms with Gasteiger partial charge in [0.2, 0.25) is 0 Å². The van der Waals surface area contributed by atoms with Crippen molar-refractivity contribution in [2.75, 3.05) is 46.7 Å². The fraction of sp³-hybridized carbons (Fsp3) is 0.769. The Labute approximate surface area is 119 Å². The molecule has 0 spiro atoms. The number of hydrogen-bond acceptors (Lipinski definition) is 6. The molecular formula is C13H24N2O3S. The molecule has 1 atom stereocenters. The minimum absolute atomic E-state index is 0.278. The molecule has 110 valence electrons. The SMILES string of the molecule is COCCOCCOCCNC(C)c1ncc(C)s1. The van der Waals surface area contributed by atoms with E-state index in [1.807, 2.05) is 6.20 Å². The molecule has 5 nitrogen and oxygen atoms in total. The van der Waals surface area contributed by atoms with Crippen LogP contribution in [0.5, 0.6) is 0 Å². The molecule has 0 aliphatic heterocycles. The summed E-state index contributed by atoms with van der Waals surface area (Å²) in [6.45, 7) is 8.18. The van der Waals surface area contributed by atoms with Crippen LogP contribution in [0.3, 0.4) is 0 Å². The molecule has 19 heavy (non-hydrogen) atoms. The Kier molecular flexibility index (Phi) is 8.94. The Bertz CT molecular complexity index is 333. The number of thiazole rings is 1. The zero-order chi connectivity index (χ0) is 13.9. The second-order valence-electron chi connectivity index (χ2n) is 4.20. The summed E-state index contributed by atoms with van der Waals surface area (Å²) >= 11 is 1.73. The van der Waals surface area contributed by atoms with E-state index in [0.717, 1.165) is 11.6 Å². The first kappa shape index (κ1) is 16.5. The molecule has 1 aromatic rings. The van der Waals surface area contributed by atoms with Gasteiger partial charge in [-0.15, -0.1) is 11.3 Å². The normalized spacial score (nSPS) is 12.8. The molecule has 0 radical (unpaired) electrons. The molecule has 1 aromatic heterocycles. The van der Waals surface area contributed by atoms with Gasteiger partial charge in [-0.05, 0) is 13.8 Å². The highest BCUT2D eigenvalue weighted by Gasteiger charge is 2.07. The van der Waals surface area contributed by atoms with Gasteiger partial charge in [0.05, 0.1) is 39.1 Å². The molecule has 0 bridgehead atoms. The van der Waals surface area contributed by atoms with Crippen molar-refractivity contribution in [1.82, 2.24) is 10.3 Å². The number of rotatable bonds is 11. The predicted octanol–water partition coefficient (Wildman–Crippen LogP) is 1.78. The number of nitrogens with zero attached hydrogens (tertiary/aromatic N) is 1. The number of hydrogen-bond donors (Lipinski definition) is 1. The third kappa shape index (κ3) is 7.59. The molecule has 6 heteroatoms. The van der Waals surface area contributed by atoms with E-state index in [2.05, 4.69) is 24.1 Å². The average Bonchev–Trinajstić information content (AvgIpc) is 2.83. The van der Waals surface area contributed by atoms with Crippen LogP contribution in [0.2, 0.25) is 0 Å². The molecule has 0 aliphatic rings. The topological polar surface area (TPSA) is 52.6 Å². The number of nitrogens with one attached hydrogen (secondary N) is 1. The van der Waals surface area contributed by atoms with E-state index in [0.29, 0.717) is 33.0 Å². The van der Waals surface area contributed by atoms with Crippen LogP contribution in [0, 0.1) is 6.92 Å². The van der Waals surface area contributed by atoms with Gasteiger partial charge < -0.3 is 19.5 Å². The Morgan fingerprint density at radius 3 is 2.53 bits per heavy atom. The van der Waals surface area contributed by atoms with Crippen LogP contribution in [0.25, 0.3) is 0 Å². The third-order valence-electron chi connectivity index (χ3n) is 2.51. The van der Waals surface area contributed by atoms with Crippen LogP contribution in [-0.4, -0.2) is 51.7 Å². The highest BCUT2D eigenvalue weighted by molar-refractivity contribution is 7.11. The fourth-order valence-corrected chi connectivity index (χ4v) is 2.27. The van der Waals surface area contributed by atoms with Gasteiger partial charge in [-0.1, -0.05) is 0 Å². The van der Waals surface area contributed by atoms with E-state index in [4.69, 9.17) is 14.2 Å². The summed E-state index contributed by atoms with van der Waals surface area (Å²) in [6, 6.07) is 0.278. The monoisotopic (exact) mass is 288 g/mol. The Morgan fingerprint density at radius 2 is 1.89 bits per heavy atom. The lowest BCUT2D eigenvalue weighted by molar-refractivity contribution is 0.0253. The van der Waals surface area contributed by atoms with Gasteiger partial charge in [0.1, 0.15) is 5.01 Å². The van der Waals surface area contributed by atoms with Crippen molar-refractivity contribution in [3.8, 4) is 0 Å². The second-order valence-corrected chi connectivity index (χ2v) is 5.47. The standard InChI is InChI=1S/C13H24N2O3S/c1-11-10-15-13(19-11)12(2)14-4-5-17-8-9-18-7-6-16-3/h10,12,14H,4-9H2,1-3H3. The van der Waals surface area contributed by atoms with Gasteiger partial charge in [0.15, 0.2) is 0 Å². The van der Waals surface area contributed by atoms with Crippen molar-refractivity contribution in [2.45, 2.75) is 19.9 Å². The lowest BCUT2D eigenvalue weighted by atomic mass is 10.3. The van der Waals surface area contributed by atoms with Crippen molar-refractivity contribution in [2.24, 2.45) is 0 Å². The molecule has 1 rings (SSSR count). The first-order chi connectivity index (χ1) is 9.24. The van der Waals surface area contributed by atoms with E-state index >= 15 is 0 Å². The van der Waals surface area contributed by atoms with Gasteiger partial charge in [-0.3, -0.25) is 0 Å². The summed E-state index contributed by atoms with van der Waals surface area (Å²) in [5, 5.41) is 4.51. The van der Waals surface area contributed by atoms with Gasteiger partial charge in [-0.2, -0.15) is 0 Å². The molecule has 0 fully saturated rings. The second kappa shape index (κ2) is 10.3. The maximum Gasteiger partial charge on any atom is 0.109 e. The summed E-state index contributed by atoms with van der Waals surface area (Å²) in [5.41, 5.74) is 0. The fourth-order valence-electron chi connectivity index (χ4n) is 1.47. The largest absolute Gasteiger partial charge is 0.382 e. The van der Waals surface area contributed by atoms with Gasteiger partial charge in [-0.25, -0.2) is 4.98 Å². The molecular weight excluding hydrogens is 264 g/mol. The van der Waals surface area contributed by atoms with Crippen LogP contribution in [0.4, 0.5) is 0 Å². The van der Waals surface area contributed by atoms with Crippen molar-refractivity contribution < 1.29 is 14.2 Å². The number of aromatic nitrogens is 1. The van der Waals surface area contributed by atoms with Gasteiger partial charge >= 0.3 is 0 Å². The molecule has 0 saturated carbocycles. The molecule has 1 heterocycles. The summed E-state index contributed by atoms with van der Waals surface area (Å²) < 4.78 is 15.6. The van der Waals surface area contributed by atoms with Gasteiger partial charge in [0.25, 0.3) is 0 Å². The van der Waals surface area contributed by atoms with E-state index in [9.17, 15) is 0 Å². The molecule has 1 N–H and O–H groups in total. The van der Waals surface area contributed by atoms with E-state index in [-0.39, 0.29) is 6.04 Å². The Morgan fingerprint density at radius 1 is 1.21 bits per heavy atom. The van der Waals surface area contributed by atoms with Crippen molar-refractivity contribution >= 4 is 11.3 Å². The lowest BCUT2D eigenvalue weighted by Gasteiger charge is -2.11. The van der Waals surface area contributed by atoms with Crippen LogP contribution in [0.15, 0.2) is 6.20 Å². The van der Waals surface area contributed by atoms with Gasteiger partial charge in [0, 0.05) is 24.7 Å². The molecule has 0 aromatic carbocycles. The van der Waals surface area contributed by atoms with Crippen LogP contribution in [0.1, 0.15) is 22.9 Å². The van der Waals surface area contributed by atoms with Crippen molar-refractivity contribution in [3.63, 3.8) is 0 Å². The number of methoxy groups -OCH3 is 1. The van der Waals surface area contributed by atoms with Crippen molar-refractivity contribution in [1.29, 1.82) is 0 Å². The summed E-state index contributed by atoms with van der Waals surface area (Å²) in [4.78, 5) is 5.60. The predicted molar refractivity (Wildman–Crippen MR) is 76.8 cm³/mol. The molecule has 0 saturated heterocycles. The molecule has 0 amide bonds. The molecule has 1 unspecified atom stereocenters. The molecule has 0 aliphatic carbocycles. The Balaban J connectivity index is 1.93. The minimum Gasteiger partial charge on any atom is -0.382 e. The zero-order valence-corrected chi connectivity index (χ0v) is 12.8. The van der Waals surface area contributed by atoms with Crippen LogP contribution < -0.4 is 5.32 Å². The first-order valence-corrected chi connectivity index (χ1v) is 7.36. The number of aryl methyl sites for hydroxylation is 1. The maximum absolute atomic E-state index is 5.46. The minimum atomic E-state index is 0.278. The number of ether oxygens (including phenoxy) is 3. The summed E-state index contributed by atoms with van der Waals surface area (Å²) in [6.07, 6.45) is 1.91. The van der Waals surface area contributed by atoms with E-state index in [1.54, 1.807) is 18.4 Å². The van der Waals surface area contributed by atoms with Crippen LogP contribution in [-0.2, 0) is 14.2 Å². The summed E-state index contributed by atoms with van der Waals surface area (Å²) in [7, 11) is 1.66. The summed E-state index contributed by atoms with van der Waals surface area (Å²) in [5.74, 6) is 0. The highest BCUT2D eigenvalue weighted by atomic mass is 32.1. The van der Waals surface area contributed by atoms with E-state index in [1.165, 1.54) is 4.88 Å². The Hall–Kier alpha value is -0.530. The average molecular weight is 288 g/mol. The maximum atomic E-state index is 5.46. The zero-order valence-electron chi connectivity index (χ0n) is 12.0. The lowest BCUT2D eigenvalue weighted by Crippen LogP contribution is -2.23. The third-order valence-corrected chi connectivity index (χ3v) is 3.61. The van der Waals surface area contributed by atoms with E-state index < -0.39 is 0 Å². The van der Waals surface area contributed by atoms with Crippen LogP contribution >= 0.6 is 11.3 Å².